The standard InChI is InChI=1S/C15H27N3O2/c1-6-11(5)14(19)9-16-15(20)13-8-12(10(3)4)17-18(13)7-2/h8,10-11,14,19H,6-7,9H2,1-5H3,(H,16,20). The molecule has 5 heteroatoms. The van der Waals surface area contributed by atoms with Gasteiger partial charge in [-0.3, -0.25) is 9.48 Å². The third kappa shape index (κ3) is 4.07. The van der Waals surface area contributed by atoms with Crippen molar-refractivity contribution in [3.63, 3.8) is 0 Å². The van der Waals surface area contributed by atoms with Gasteiger partial charge in [-0.15, -0.1) is 0 Å². The Balaban J connectivity index is 2.72. The molecular formula is C15H27N3O2. The molecule has 0 aliphatic heterocycles. The van der Waals surface area contributed by atoms with Crippen LogP contribution < -0.4 is 5.32 Å². The summed E-state index contributed by atoms with van der Waals surface area (Å²) in [6.45, 7) is 11.0. The molecule has 5 nitrogen and oxygen atoms in total. The molecule has 114 valence electrons. The predicted molar refractivity (Wildman–Crippen MR) is 79.8 cm³/mol. The third-order valence-electron chi connectivity index (χ3n) is 3.70. The van der Waals surface area contributed by atoms with Crippen LogP contribution in [0, 0.1) is 5.92 Å². The molecule has 0 saturated carbocycles. The van der Waals surface area contributed by atoms with Crippen molar-refractivity contribution in [1.29, 1.82) is 0 Å². The van der Waals surface area contributed by atoms with Crippen LogP contribution in [0.3, 0.4) is 0 Å². The van der Waals surface area contributed by atoms with Gasteiger partial charge in [-0.25, -0.2) is 0 Å². The maximum absolute atomic E-state index is 12.2. The molecule has 20 heavy (non-hydrogen) atoms. The van der Waals surface area contributed by atoms with Crippen molar-refractivity contribution in [3.8, 4) is 0 Å². The van der Waals surface area contributed by atoms with Gasteiger partial charge in [0.05, 0.1) is 11.8 Å². The van der Waals surface area contributed by atoms with Gasteiger partial charge in [0.15, 0.2) is 0 Å². The number of nitrogens with zero attached hydrogens (tertiary/aromatic N) is 2. The van der Waals surface area contributed by atoms with E-state index in [1.165, 1.54) is 0 Å². The molecular weight excluding hydrogens is 254 g/mol. The first-order chi connectivity index (χ1) is 9.40. The average Bonchev–Trinajstić information content (AvgIpc) is 2.87. The zero-order valence-corrected chi connectivity index (χ0v) is 13.2. The first kappa shape index (κ1) is 16.7. The fourth-order valence-electron chi connectivity index (χ4n) is 1.90. The number of aryl methyl sites for hydroxylation is 1. The van der Waals surface area contributed by atoms with Gasteiger partial charge in [0, 0.05) is 13.1 Å². The Morgan fingerprint density at radius 2 is 2.05 bits per heavy atom. The summed E-state index contributed by atoms with van der Waals surface area (Å²) in [5, 5.41) is 17.1. The maximum Gasteiger partial charge on any atom is 0.269 e. The lowest BCUT2D eigenvalue weighted by Crippen LogP contribution is -2.36. The van der Waals surface area contributed by atoms with Crippen molar-refractivity contribution in [2.45, 2.75) is 59.6 Å². The van der Waals surface area contributed by atoms with Crippen LogP contribution in [0.5, 0.6) is 0 Å². The van der Waals surface area contributed by atoms with Crippen LogP contribution in [0.25, 0.3) is 0 Å². The Hall–Kier alpha value is -1.36. The molecule has 1 aromatic rings. The summed E-state index contributed by atoms with van der Waals surface area (Å²) in [6.07, 6.45) is 0.382. The van der Waals surface area contributed by atoms with Crippen LogP contribution >= 0.6 is 0 Å². The predicted octanol–water partition coefficient (Wildman–Crippen LogP) is 2.16. The highest BCUT2D eigenvalue weighted by atomic mass is 16.3. The van der Waals surface area contributed by atoms with Gasteiger partial charge in [-0.05, 0) is 24.8 Å². The fourth-order valence-corrected chi connectivity index (χ4v) is 1.90. The molecule has 1 aromatic heterocycles. The van der Waals surface area contributed by atoms with Gasteiger partial charge in [-0.2, -0.15) is 5.10 Å². The summed E-state index contributed by atoms with van der Waals surface area (Å²) in [4.78, 5) is 12.2. The zero-order valence-electron chi connectivity index (χ0n) is 13.2. The molecule has 1 heterocycles. The molecule has 2 unspecified atom stereocenters. The van der Waals surface area contributed by atoms with Crippen molar-refractivity contribution in [1.82, 2.24) is 15.1 Å². The highest BCUT2D eigenvalue weighted by Crippen LogP contribution is 2.14. The number of aliphatic hydroxyl groups is 1. The smallest absolute Gasteiger partial charge is 0.269 e. The quantitative estimate of drug-likeness (QED) is 0.805. The van der Waals surface area contributed by atoms with E-state index < -0.39 is 6.10 Å². The van der Waals surface area contributed by atoms with E-state index in [-0.39, 0.29) is 18.4 Å². The van der Waals surface area contributed by atoms with Crippen molar-refractivity contribution in [2.24, 2.45) is 5.92 Å². The van der Waals surface area contributed by atoms with Gasteiger partial charge in [0.2, 0.25) is 0 Å². The van der Waals surface area contributed by atoms with E-state index in [0.717, 1.165) is 12.1 Å². The molecule has 0 aromatic carbocycles. The number of aromatic nitrogens is 2. The number of hydrogen-bond donors (Lipinski definition) is 2. The number of carbonyl (C=O) groups is 1. The molecule has 0 spiro atoms. The summed E-state index contributed by atoms with van der Waals surface area (Å²) in [5.74, 6) is 0.297. The van der Waals surface area contributed by atoms with Gasteiger partial charge in [0.1, 0.15) is 5.69 Å². The number of amides is 1. The van der Waals surface area contributed by atoms with Crippen LogP contribution in [0.1, 0.15) is 63.1 Å². The normalized spacial score (nSPS) is 14.3. The van der Waals surface area contributed by atoms with E-state index >= 15 is 0 Å². The molecule has 1 amide bonds. The minimum atomic E-state index is -0.508. The third-order valence-corrected chi connectivity index (χ3v) is 3.70. The molecule has 2 N–H and O–H groups in total. The van der Waals surface area contributed by atoms with E-state index in [1.54, 1.807) is 4.68 Å². The van der Waals surface area contributed by atoms with Crippen LogP contribution in [0.15, 0.2) is 6.07 Å². The SMILES string of the molecule is CCC(C)C(O)CNC(=O)c1cc(C(C)C)nn1CC. The number of hydrogen-bond acceptors (Lipinski definition) is 3. The molecule has 0 bridgehead atoms. The Morgan fingerprint density at radius 3 is 2.55 bits per heavy atom. The fraction of sp³-hybridized carbons (Fsp3) is 0.733. The van der Waals surface area contributed by atoms with Gasteiger partial charge < -0.3 is 10.4 Å². The number of carbonyl (C=O) groups excluding carboxylic acids is 1. The van der Waals surface area contributed by atoms with Gasteiger partial charge >= 0.3 is 0 Å². The molecule has 0 radical (unpaired) electrons. The Labute approximate surface area is 121 Å². The van der Waals surface area contributed by atoms with Gasteiger partial charge in [-0.1, -0.05) is 34.1 Å². The first-order valence-corrected chi connectivity index (χ1v) is 7.44. The van der Waals surface area contributed by atoms with E-state index in [0.29, 0.717) is 18.2 Å². The highest BCUT2D eigenvalue weighted by Gasteiger charge is 2.18. The second kappa shape index (κ2) is 7.43. The van der Waals surface area contributed by atoms with Crippen molar-refractivity contribution in [3.05, 3.63) is 17.5 Å². The van der Waals surface area contributed by atoms with Crippen LogP contribution in [0.2, 0.25) is 0 Å². The second-order valence-corrected chi connectivity index (χ2v) is 5.59. The summed E-state index contributed by atoms with van der Waals surface area (Å²) in [6, 6.07) is 1.83. The minimum absolute atomic E-state index is 0.173. The van der Waals surface area contributed by atoms with Crippen LogP contribution in [-0.2, 0) is 6.54 Å². The number of rotatable bonds is 7. The number of nitrogens with one attached hydrogen (secondary N) is 1. The average molecular weight is 281 g/mol. The monoisotopic (exact) mass is 281 g/mol. The molecule has 2 atom stereocenters. The van der Waals surface area contributed by atoms with E-state index in [2.05, 4.69) is 24.3 Å². The topological polar surface area (TPSA) is 67.2 Å². The largest absolute Gasteiger partial charge is 0.391 e. The van der Waals surface area contributed by atoms with Crippen molar-refractivity contribution >= 4 is 5.91 Å². The molecule has 0 fully saturated rings. The molecule has 0 aliphatic carbocycles. The van der Waals surface area contributed by atoms with E-state index in [4.69, 9.17) is 0 Å². The molecule has 1 rings (SSSR count). The summed E-state index contributed by atoms with van der Waals surface area (Å²) < 4.78 is 1.71. The number of aliphatic hydroxyl groups excluding tert-OH is 1. The minimum Gasteiger partial charge on any atom is -0.391 e. The van der Waals surface area contributed by atoms with E-state index in [1.807, 2.05) is 26.8 Å². The highest BCUT2D eigenvalue weighted by molar-refractivity contribution is 5.92. The molecule has 0 saturated heterocycles. The van der Waals surface area contributed by atoms with Crippen LogP contribution in [0.4, 0.5) is 0 Å². The van der Waals surface area contributed by atoms with Crippen LogP contribution in [-0.4, -0.2) is 33.4 Å². The van der Waals surface area contributed by atoms with Crippen molar-refractivity contribution in [2.75, 3.05) is 6.54 Å². The lowest BCUT2D eigenvalue weighted by Gasteiger charge is -2.17. The summed E-state index contributed by atoms with van der Waals surface area (Å²) in [7, 11) is 0. The lowest BCUT2D eigenvalue weighted by molar-refractivity contribution is 0.0841. The Morgan fingerprint density at radius 1 is 1.40 bits per heavy atom. The van der Waals surface area contributed by atoms with E-state index in [9.17, 15) is 9.90 Å². The summed E-state index contributed by atoms with van der Waals surface area (Å²) >= 11 is 0. The van der Waals surface area contributed by atoms with Crippen molar-refractivity contribution < 1.29 is 9.90 Å². The maximum atomic E-state index is 12.2. The first-order valence-electron chi connectivity index (χ1n) is 7.44. The Kier molecular flexibility index (Phi) is 6.20. The zero-order chi connectivity index (χ0) is 15.3. The molecule has 0 aliphatic rings. The summed E-state index contributed by atoms with van der Waals surface area (Å²) in [5.41, 5.74) is 1.48. The Bertz CT molecular complexity index is 440. The second-order valence-electron chi connectivity index (χ2n) is 5.59. The van der Waals surface area contributed by atoms with Gasteiger partial charge in [0.25, 0.3) is 5.91 Å². The lowest BCUT2D eigenvalue weighted by atomic mass is 10.0.